The van der Waals surface area contributed by atoms with E-state index in [4.69, 9.17) is 5.73 Å². The number of anilines is 1. The first kappa shape index (κ1) is 16.5. The summed E-state index contributed by atoms with van der Waals surface area (Å²) < 4.78 is 30.7. The third-order valence-corrected chi connectivity index (χ3v) is 4.18. The van der Waals surface area contributed by atoms with Crippen LogP contribution in [-0.2, 0) is 26.1 Å². The molecule has 0 aliphatic carbocycles. The number of sulfonamides is 1. The van der Waals surface area contributed by atoms with Crippen molar-refractivity contribution in [3.63, 3.8) is 0 Å². The van der Waals surface area contributed by atoms with E-state index in [1.165, 1.54) is 0 Å². The second kappa shape index (κ2) is 7.25. The van der Waals surface area contributed by atoms with Crippen LogP contribution in [0.3, 0.4) is 0 Å². The number of benzene rings is 1. The number of ether oxygens (including phenoxy) is 1. The van der Waals surface area contributed by atoms with E-state index >= 15 is 0 Å². The Bertz CT molecular complexity index is 570. The summed E-state index contributed by atoms with van der Waals surface area (Å²) in [6.45, 7) is 3.90. The van der Waals surface area contributed by atoms with Crippen LogP contribution in [0.5, 0.6) is 0 Å². The van der Waals surface area contributed by atoms with E-state index in [1.54, 1.807) is 25.1 Å². The van der Waals surface area contributed by atoms with Crippen LogP contribution < -0.4 is 10.5 Å². The average Bonchev–Trinajstić information content (AvgIpc) is 2.39. The fourth-order valence-electron chi connectivity index (χ4n) is 1.61. The number of hydrogen-bond donors (Lipinski definition) is 2. The van der Waals surface area contributed by atoms with Crippen molar-refractivity contribution >= 4 is 21.7 Å². The van der Waals surface area contributed by atoms with Gasteiger partial charge in [0.15, 0.2) is 0 Å². The smallest absolute Gasteiger partial charge is 0.306 e. The minimum absolute atomic E-state index is 0.154. The molecule has 0 saturated carbocycles. The van der Waals surface area contributed by atoms with Crippen LogP contribution in [0.1, 0.15) is 24.5 Å². The summed E-state index contributed by atoms with van der Waals surface area (Å²) in [7, 11) is -3.51. The Morgan fingerprint density at radius 1 is 1.40 bits per heavy atom. The molecule has 0 fully saturated rings. The zero-order valence-corrected chi connectivity index (χ0v) is 12.5. The van der Waals surface area contributed by atoms with Gasteiger partial charge < -0.3 is 10.5 Å². The van der Waals surface area contributed by atoms with E-state index in [9.17, 15) is 13.2 Å². The van der Waals surface area contributed by atoms with E-state index in [2.05, 4.69) is 9.46 Å². The maximum Gasteiger partial charge on any atom is 0.306 e. The molecule has 0 spiro atoms. The SMILES string of the molecule is CCOC(=O)CCS(=O)(=O)NCc1cccc(N)c1C. The molecule has 7 heteroatoms. The van der Waals surface area contributed by atoms with Gasteiger partial charge in [-0.25, -0.2) is 13.1 Å². The Kier molecular flexibility index (Phi) is 5.97. The topological polar surface area (TPSA) is 98.5 Å². The van der Waals surface area contributed by atoms with Gasteiger partial charge >= 0.3 is 5.97 Å². The van der Waals surface area contributed by atoms with E-state index < -0.39 is 16.0 Å². The molecule has 6 nitrogen and oxygen atoms in total. The Labute approximate surface area is 119 Å². The first-order chi connectivity index (χ1) is 9.35. The number of carbonyl (C=O) groups excluding carboxylic acids is 1. The molecule has 1 aromatic carbocycles. The van der Waals surface area contributed by atoms with Crippen LogP contribution in [0, 0.1) is 6.92 Å². The summed E-state index contributed by atoms with van der Waals surface area (Å²) in [4.78, 5) is 11.1. The van der Waals surface area contributed by atoms with E-state index in [1.807, 2.05) is 6.92 Å². The zero-order chi connectivity index (χ0) is 15.2. The summed E-state index contributed by atoms with van der Waals surface area (Å²) in [6, 6.07) is 5.33. The van der Waals surface area contributed by atoms with Gasteiger partial charge in [-0.2, -0.15) is 0 Å². The third-order valence-electron chi connectivity index (χ3n) is 2.85. The van der Waals surface area contributed by atoms with Gasteiger partial charge in [0.1, 0.15) is 0 Å². The second-order valence-electron chi connectivity index (χ2n) is 4.33. The quantitative estimate of drug-likeness (QED) is 0.577. The van der Waals surface area contributed by atoms with Crippen LogP contribution >= 0.6 is 0 Å². The highest BCUT2D eigenvalue weighted by Crippen LogP contribution is 2.15. The molecule has 1 rings (SSSR count). The van der Waals surface area contributed by atoms with E-state index in [0.29, 0.717) is 5.69 Å². The van der Waals surface area contributed by atoms with Crippen LogP contribution in [0.4, 0.5) is 5.69 Å². The van der Waals surface area contributed by atoms with Crippen molar-refractivity contribution in [1.82, 2.24) is 4.72 Å². The predicted octanol–water partition coefficient (Wildman–Crippen LogP) is 0.950. The van der Waals surface area contributed by atoms with Crippen molar-refractivity contribution in [3.8, 4) is 0 Å². The molecular formula is C13H20N2O4S. The lowest BCUT2D eigenvalue weighted by atomic mass is 10.1. The molecule has 20 heavy (non-hydrogen) atoms. The maximum atomic E-state index is 11.8. The molecule has 0 atom stereocenters. The van der Waals surface area contributed by atoms with Crippen molar-refractivity contribution in [3.05, 3.63) is 29.3 Å². The Morgan fingerprint density at radius 3 is 2.75 bits per heavy atom. The highest BCUT2D eigenvalue weighted by molar-refractivity contribution is 7.89. The number of nitrogens with two attached hydrogens (primary N) is 1. The van der Waals surface area contributed by atoms with Gasteiger partial charge in [0.2, 0.25) is 10.0 Å². The minimum atomic E-state index is -3.51. The number of nitrogens with one attached hydrogen (secondary N) is 1. The Hall–Kier alpha value is -1.60. The fraction of sp³-hybridized carbons (Fsp3) is 0.462. The molecule has 1 aromatic rings. The molecule has 0 saturated heterocycles. The number of nitrogen functional groups attached to an aromatic ring is 1. The summed E-state index contributed by atoms with van der Waals surface area (Å²) in [5.74, 6) is -0.800. The highest BCUT2D eigenvalue weighted by atomic mass is 32.2. The van der Waals surface area contributed by atoms with Gasteiger partial charge in [0.25, 0.3) is 0 Å². The molecule has 3 N–H and O–H groups in total. The standard InChI is InChI=1S/C13H20N2O4S/c1-3-19-13(16)7-8-20(17,18)15-9-11-5-4-6-12(14)10(11)2/h4-6,15H,3,7-9,14H2,1-2H3. The molecule has 0 bridgehead atoms. The average molecular weight is 300 g/mol. The van der Waals surface area contributed by atoms with Gasteiger partial charge in [-0.3, -0.25) is 4.79 Å². The van der Waals surface area contributed by atoms with E-state index in [0.717, 1.165) is 11.1 Å². The summed E-state index contributed by atoms with van der Waals surface area (Å²) in [6.07, 6.45) is -0.154. The number of hydrogen-bond acceptors (Lipinski definition) is 5. The fourth-order valence-corrected chi connectivity index (χ4v) is 2.56. The summed E-state index contributed by atoms with van der Waals surface area (Å²) >= 11 is 0. The first-order valence-corrected chi connectivity index (χ1v) is 7.98. The molecule has 0 aromatic heterocycles. The lowest BCUT2D eigenvalue weighted by Crippen LogP contribution is -2.27. The first-order valence-electron chi connectivity index (χ1n) is 6.32. The van der Waals surface area contributed by atoms with Crippen LogP contribution in [0.15, 0.2) is 18.2 Å². The molecule has 0 aliphatic heterocycles. The Morgan fingerprint density at radius 2 is 2.10 bits per heavy atom. The lowest BCUT2D eigenvalue weighted by Gasteiger charge is -2.10. The van der Waals surface area contributed by atoms with Crippen molar-refractivity contribution in [2.45, 2.75) is 26.8 Å². The highest BCUT2D eigenvalue weighted by Gasteiger charge is 2.14. The van der Waals surface area contributed by atoms with Gasteiger partial charge in [0, 0.05) is 12.2 Å². The second-order valence-corrected chi connectivity index (χ2v) is 6.25. The zero-order valence-electron chi connectivity index (χ0n) is 11.7. The van der Waals surface area contributed by atoms with Gasteiger partial charge in [-0.1, -0.05) is 12.1 Å². The number of carbonyl (C=O) groups is 1. The number of rotatable bonds is 7. The molecule has 0 radical (unpaired) electrons. The molecule has 0 unspecified atom stereocenters. The van der Waals surface area contributed by atoms with Crippen LogP contribution in [-0.4, -0.2) is 26.7 Å². The third kappa shape index (κ3) is 5.18. The van der Waals surface area contributed by atoms with Crippen molar-refractivity contribution in [2.75, 3.05) is 18.1 Å². The largest absolute Gasteiger partial charge is 0.466 e. The van der Waals surface area contributed by atoms with Crippen molar-refractivity contribution in [2.24, 2.45) is 0 Å². The van der Waals surface area contributed by atoms with E-state index in [-0.39, 0.29) is 25.3 Å². The normalized spacial score (nSPS) is 11.3. The molecule has 0 heterocycles. The minimum Gasteiger partial charge on any atom is -0.466 e. The maximum absolute atomic E-state index is 11.8. The van der Waals surface area contributed by atoms with Crippen LogP contribution in [0.25, 0.3) is 0 Å². The van der Waals surface area contributed by atoms with Crippen molar-refractivity contribution in [1.29, 1.82) is 0 Å². The monoisotopic (exact) mass is 300 g/mol. The molecular weight excluding hydrogens is 280 g/mol. The van der Waals surface area contributed by atoms with Crippen LogP contribution in [0.2, 0.25) is 0 Å². The predicted molar refractivity (Wildman–Crippen MR) is 77.5 cm³/mol. The number of esters is 1. The van der Waals surface area contributed by atoms with Crippen molar-refractivity contribution < 1.29 is 17.9 Å². The van der Waals surface area contributed by atoms with Gasteiger partial charge in [0.05, 0.1) is 18.8 Å². The van der Waals surface area contributed by atoms with Gasteiger partial charge in [-0.05, 0) is 31.0 Å². The summed E-state index contributed by atoms with van der Waals surface area (Å²) in [5.41, 5.74) is 8.03. The molecule has 0 aliphatic rings. The Balaban J connectivity index is 2.55. The van der Waals surface area contributed by atoms with Gasteiger partial charge in [-0.15, -0.1) is 0 Å². The molecule has 0 amide bonds. The lowest BCUT2D eigenvalue weighted by molar-refractivity contribution is -0.142. The summed E-state index contributed by atoms with van der Waals surface area (Å²) in [5, 5.41) is 0. The molecule has 112 valence electrons.